The van der Waals surface area contributed by atoms with E-state index >= 15 is 0 Å². The molecule has 1 saturated heterocycles. The number of nitrogens with one attached hydrogen (secondary N) is 1. The Hall–Kier alpha value is -2.70. The van der Waals surface area contributed by atoms with Crippen LogP contribution in [0, 0.1) is 6.92 Å². The Morgan fingerprint density at radius 2 is 1.69 bits per heavy atom. The fourth-order valence-corrected chi connectivity index (χ4v) is 3.66. The number of likely N-dealkylation sites (tertiary alicyclic amines) is 1. The van der Waals surface area contributed by atoms with Crippen LogP contribution in [0.4, 0.5) is 0 Å². The number of aromatic nitrogens is 3. The molecule has 7 heteroatoms. The van der Waals surface area contributed by atoms with Crippen LogP contribution in [-0.2, 0) is 13.1 Å². The van der Waals surface area contributed by atoms with Crippen molar-refractivity contribution in [1.82, 2.24) is 25.0 Å². The zero-order valence-electron chi connectivity index (χ0n) is 16.4. The van der Waals surface area contributed by atoms with Crippen molar-refractivity contribution in [2.45, 2.75) is 32.9 Å². The summed E-state index contributed by atoms with van der Waals surface area (Å²) in [6.45, 7) is 5.63. The zero-order valence-corrected chi connectivity index (χ0v) is 17.2. The Kier molecular flexibility index (Phi) is 5.92. The molecule has 1 N–H and O–H groups in total. The molecule has 1 aliphatic rings. The standard InChI is InChI=1S/C22H24ClN5O/c1-16-25-21(26-28(16)20-10-8-19(23)9-11-20)22(29)24-14-17-4-6-18(7-5-17)15-27-12-2-3-13-27/h4-11H,2-3,12-15H2,1H3,(H,24,29). The summed E-state index contributed by atoms with van der Waals surface area (Å²) in [7, 11) is 0. The Bertz CT molecular complexity index is 975. The predicted octanol–water partition coefficient (Wildman–Crippen LogP) is 3.75. The SMILES string of the molecule is Cc1nc(C(=O)NCc2ccc(CN3CCCC3)cc2)nn1-c1ccc(Cl)cc1. The van der Waals surface area contributed by atoms with Crippen molar-refractivity contribution in [1.29, 1.82) is 0 Å². The molecule has 4 rings (SSSR count). The largest absolute Gasteiger partial charge is 0.345 e. The van der Waals surface area contributed by atoms with Gasteiger partial charge in [-0.1, -0.05) is 35.9 Å². The van der Waals surface area contributed by atoms with Crippen LogP contribution in [0.5, 0.6) is 0 Å². The van der Waals surface area contributed by atoms with Crippen LogP contribution in [0.3, 0.4) is 0 Å². The van der Waals surface area contributed by atoms with Gasteiger partial charge in [0.1, 0.15) is 5.82 Å². The third-order valence-electron chi connectivity index (χ3n) is 5.12. The molecule has 1 fully saturated rings. The van der Waals surface area contributed by atoms with Crippen molar-refractivity contribution >= 4 is 17.5 Å². The minimum Gasteiger partial charge on any atom is -0.345 e. The van der Waals surface area contributed by atoms with Crippen LogP contribution >= 0.6 is 11.6 Å². The number of carbonyl (C=O) groups excluding carboxylic acids is 1. The van der Waals surface area contributed by atoms with E-state index in [1.165, 1.54) is 31.5 Å². The van der Waals surface area contributed by atoms with Gasteiger partial charge in [-0.3, -0.25) is 9.69 Å². The fraction of sp³-hybridized carbons (Fsp3) is 0.318. The number of nitrogens with zero attached hydrogens (tertiary/aromatic N) is 4. The van der Waals surface area contributed by atoms with Gasteiger partial charge in [-0.25, -0.2) is 9.67 Å². The maximum atomic E-state index is 12.5. The summed E-state index contributed by atoms with van der Waals surface area (Å²) in [6.07, 6.45) is 2.59. The number of carbonyl (C=O) groups is 1. The molecule has 0 saturated carbocycles. The highest BCUT2D eigenvalue weighted by Gasteiger charge is 2.15. The number of amides is 1. The van der Waals surface area contributed by atoms with Crippen LogP contribution in [0.25, 0.3) is 5.69 Å². The van der Waals surface area contributed by atoms with Crippen molar-refractivity contribution in [2.75, 3.05) is 13.1 Å². The summed E-state index contributed by atoms with van der Waals surface area (Å²) in [5, 5.41) is 7.89. The molecule has 150 valence electrons. The number of rotatable bonds is 6. The van der Waals surface area contributed by atoms with Gasteiger partial charge >= 0.3 is 0 Å². The lowest BCUT2D eigenvalue weighted by Gasteiger charge is -2.14. The molecular formula is C22H24ClN5O. The average Bonchev–Trinajstić information content (AvgIpc) is 3.37. The van der Waals surface area contributed by atoms with E-state index in [2.05, 4.69) is 44.6 Å². The highest BCUT2D eigenvalue weighted by Crippen LogP contribution is 2.15. The Balaban J connectivity index is 1.36. The Labute approximate surface area is 175 Å². The van der Waals surface area contributed by atoms with E-state index in [-0.39, 0.29) is 11.7 Å². The average molecular weight is 410 g/mol. The van der Waals surface area contributed by atoms with Crippen molar-refractivity contribution in [2.24, 2.45) is 0 Å². The molecule has 0 atom stereocenters. The summed E-state index contributed by atoms with van der Waals surface area (Å²) in [5.41, 5.74) is 3.17. The quantitative estimate of drug-likeness (QED) is 0.673. The summed E-state index contributed by atoms with van der Waals surface area (Å²) in [5.74, 6) is 0.508. The van der Waals surface area contributed by atoms with Gasteiger partial charge in [0.15, 0.2) is 0 Å². The first-order valence-electron chi connectivity index (χ1n) is 9.86. The first-order valence-corrected chi connectivity index (χ1v) is 10.2. The molecule has 3 aromatic rings. The lowest BCUT2D eigenvalue weighted by Crippen LogP contribution is -2.24. The predicted molar refractivity (Wildman–Crippen MR) is 113 cm³/mol. The van der Waals surface area contributed by atoms with Crippen molar-refractivity contribution < 1.29 is 4.79 Å². The van der Waals surface area contributed by atoms with E-state index in [0.717, 1.165) is 17.8 Å². The first-order chi connectivity index (χ1) is 14.1. The number of halogens is 1. The second kappa shape index (κ2) is 8.76. The minimum absolute atomic E-state index is 0.156. The highest BCUT2D eigenvalue weighted by atomic mass is 35.5. The smallest absolute Gasteiger partial charge is 0.291 e. The van der Waals surface area contributed by atoms with E-state index in [0.29, 0.717) is 17.4 Å². The van der Waals surface area contributed by atoms with Crippen LogP contribution in [0.1, 0.15) is 40.4 Å². The third kappa shape index (κ3) is 4.83. The molecule has 29 heavy (non-hydrogen) atoms. The van der Waals surface area contributed by atoms with Gasteiger partial charge in [-0.15, -0.1) is 5.10 Å². The van der Waals surface area contributed by atoms with Gasteiger partial charge < -0.3 is 5.32 Å². The molecule has 6 nitrogen and oxygen atoms in total. The molecule has 0 bridgehead atoms. The fourth-order valence-electron chi connectivity index (χ4n) is 3.54. The molecular weight excluding hydrogens is 386 g/mol. The monoisotopic (exact) mass is 409 g/mol. The van der Waals surface area contributed by atoms with Gasteiger partial charge in [-0.2, -0.15) is 0 Å². The number of hydrogen-bond acceptors (Lipinski definition) is 4. The van der Waals surface area contributed by atoms with Crippen LogP contribution in [0.2, 0.25) is 5.02 Å². The van der Waals surface area contributed by atoms with E-state index in [1.807, 2.05) is 19.1 Å². The Morgan fingerprint density at radius 1 is 1.03 bits per heavy atom. The summed E-state index contributed by atoms with van der Waals surface area (Å²) in [6, 6.07) is 15.7. The summed E-state index contributed by atoms with van der Waals surface area (Å²) in [4.78, 5) is 19.3. The molecule has 1 aliphatic heterocycles. The molecule has 0 spiro atoms. The van der Waals surface area contributed by atoms with Gasteiger partial charge in [0.05, 0.1) is 5.69 Å². The molecule has 2 aromatic carbocycles. The lowest BCUT2D eigenvalue weighted by atomic mass is 10.1. The van der Waals surface area contributed by atoms with Gasteiger partial charge in [0, 0.05) is 18.1 Å². The first kappa shape index (κ1) is 19.6. The molecule has 1 amide bonds. The van der Waals surface area contributed by atoms with Crippen LogP contribution in [-0.4, -0.2) is 38.7 Å². The number of hydrogen-bond donors (Lipinski definition) is 1. The van der Waals surface area contributed by atoms with E-state index < -0.39 is 0 Å². The number of aryl methyl sites for hydroxylation is 1. The van der Waals surface area contributed by atoms with E-state index in [9.17, 15) is 4.79 Å². The topological polar surface area (TPSA) is 63.1 Å². The van der Waals surface area contributed by atoms with Gasteiger partial charge in [0.25, 0.3) is 5.91 Å². The molecule has 0 unspecified atom stereocenters. The highest BCUT2D eigenvalue weighted by molar-refractivity contribution is 6.30. The van der Waals surface area contributed by atoms with Gasteiger partial charge in [0.2, 0.25) is 5.82 Å². The Morgan fingerprint density at radius 3 is 2.38 bits per heavy atom. The summed E-state index contributed by atoms with van der Waals surface area (Å²) >= 11 is 5.93. The zero-order chi connectivity index (χ0) is 20.2. The number of benzene rings is 2. The normalized spacial score (nSPS) is 14.3. The summed E-state index contributed by atoms with van der Waals surface area (Å²) < 4.78 is 1.64. The van der Waals surface area contributed by atoms with Crippen molar-refractivity contribution in [3.8, 4) is 5.69 Å². The van der Waals surface area contributed by atoms with Crippen molar-refractivity contribution in [3.05, 3.63) is 76.3 Å². The lowest BCUT2D eigenvalue weighted by molar-refractivity contribution is 0.0940. The van der Waals surface area contributed by atoms with Crippen LogP contribution < -0.4 is 5.32 Å². The second-order valence-electron chi connectivity index (χ2n) is 7.35. The van der Waals surface area contributed by atoms with Crippen molar-refractivity contribution in [3.63, 3.8) is 0 Å². The van der Waals surface area contributed by atoms with Crippen LogP contribution in [0.15, 0.2) is 48.5 Å². The third-order valence-corrected chi connectivity index (χ3v) is 5.38. The van der Waals surface area contributed by atoms with Gasteiger partial charge in [-0.05, 0) is 68.2 Å². The maximum absolute atomic E-state index is 12.5. The van der Waals surface area contributed by atoms with E-state index in [4.69, 9.17) is 11.6 Å². The molecule has 2 heterocycles. The minimum atomic E-state index is -0.290. The molecule has 0 radical (unpaired) electrons. The second-order valence-corrected chi connectivity index (χ2v) is 7.79. The molecule has 0 aliphatic carbocycles. The molecule has 1 aromatic heterocycles. The van der Waals surface area contributed by atoms with E-state index in [1.54, 1.807) is 16.8 Å². The maximum Gasteiger partial charge on any atom is 0.291 e.